The number of aromatic nitrogens is 2. The minimum atomic E-state index is -0.339. The summed E-state index contributed by atoms with van der Waals surface area (Å²) in [6.45, 7) is 0.293. The third kappa shape index (κ3) is 2.74. The Bertz CT molecular complexity index is 615. The van der Waals surface area contributed by atoms with Crippen molar-refractivity contribution < 1.29 is 4.39 Å². The van der Waals surface area contributed by atoms with E-state index >= 15 is 0 Å². The maximum absolute atomic E-state index is 13.3. The number of hydrogen-bond donors (Lipinski definition) is 0. The molecule has 0 amide bonds. The Labute approximate surface area is 119 Å². The normalized spacial score (nSPS) is 10.5. The molecule has 0 N–H and O–H groups in total. The highest BCUT2D eigenvalue weighted by atomic mass is 127. The van der Waals surface area contributed by atoms with Gasteiger partial charge >= 0.3 is 0 Å². The van der Waals surface area contributed by atoms with Gasteiger partial charge in [-0.1, -0.05) is 12.1 Å². The molecule has 1 heterocycles. The summed E-state index contributed by atoms with van der Waals surface area (Å²) < 4.78 is 15.7. The maximum atomic E-state index is 13.3. The molecule has 0 spiro atoms. The Balaban J connectivity index is 2.42. The van der Waals surface area contributed by atoms with Crippen molar-refractivity contribution in [2.45, 2.75) is 6.54 Å². The van der Waals surface area contributed by atoms with Crippen LogP contribution in [0.25, 0.3) is 0 Å². The van der Waals surface area contributed by atoms with Crippen LogP contribution in [0.5, 0.6) is 0 Å². The second kappa shape index (κ2) is 5.26. The van der Waals surface area contributed by atoms with Gasteiger partial charge in [-0.15, -0.1) is 0 Å². The first-order chi connectivity index (χ1) is 8.09. The van der Waals surface area contributed by atoms with Gasteiger partial charge in [0, 0.05) is 6.20 Å². The van der Waals surface area contributed by atoms with Crippen molar-refractivity contribution in [1.29, 1.82) is 0 Å². The molecule has 17 heavy (non-hydrogen) atoms. The first-order valence-electron chi connectivity index (χ1n) is 4.72. The highest BCUT2D eigenvalue weighted by Gasteiger charge is 2.07. The number of hydrogen-bond acceptors (Lipinski definition) is 2. The Morgan fingerprint density at radius 3 is 3.00 bits per heavy atom. The zero-order chi connectivity index (χ0) is 12.4. The van der Waals surface area contributed by atoms with E-state index in [4.69, 9.17) is 0 Å². The second-order valence-corrected chi connectivity index (χ2v) is 5.34. The molecule has 1 aromatic carbocycles. The lowest BCUT2D eigenvalue weighted by Crippen LogP contribution is -2.23. The molecule has 0 radical (unpaired) electrons. The first kappa shape index (κ1) is 12.7. The SMILES string of the molecule is O=c1c(I)cncn1Cc1cccc(F)c1Br. The smallest absolute Gasteiger partial charge is 0.267 e. The highest BCUT2D eigenvalue weighted by molar-refractivity contribution is 14.1. The molecule has 0 fully saturated rings. The Morgan fingerprint density at radius 1 is 1.47 bits per heavy atom. The monoisotopic (exact) mass is 408 g/mol. The lowest BCUT2D eigenvalue weighted by Gasteiger charge is -2.07. The highest BCUT2D eigenvalue weighted by Crippen LogP contribution is 2.20. The fraction of sp³-hybridized carbons (Fsp3) is 0.0909. The number of benzene rings is 1. The van der Waals surface area contributed by atoms with Gasteiger partial charge < -0.3 is 0 Å². The van der Waals surface area contributed by atoms with E-state index in [1.807, 2.05) is 22.6 Å². The quantitative estimate of drug-likeness (QED) is 0.716. The number of halogens is 3. The predicted octanol–water partition coefficient (Wildman–Crippen LogP) is 2.80. The third-order valence-corrected chi connectivity index (χ3v) is 3.86. The second-order valence-electron chi connectivity index (χ2n) is 3.39. The lowest BCUT2D eigenvalue weighted by atomic mass is 10.2. The van der Waals surface area contributed by atoms with Crippen LogP contribution in [0.3, 0.4) is 0 Å². The fourth-order valence-corrected chi connectivity index (χ4v) is 2.25. The van der Waals surface area contributed by atoms with Gasteiger partial charge in [0.25, 0.3) is 5.56 Å². The molecule has 0 aliphatic carbocycles. The number of rotatable bonds is 2. The van der Waals surface area contributed by atoms with E-state index < -0.39 is 0 Å². The van der Waals surface area contributed by atoms with Gasteiger partial charge in [-0.3, -0.25) is 9.36 Å². The van der Waals surface area contributed by atoms with Crippen LogP contribution in [0.1, 0.15) is 5.56 Å². The first-order valence-corrected chi connectivity index (χ1v) is 6.59. The van der Waals surface area contributed by atoms with E-state index in [2.05, 4.69) is 20.9 Å². The van der Waals surface area contributed by atoms with Gasteiger partial charge in [-0.2, -0.15) is 0 Å². The van der Waals surface area contributed by atoms with Crippen LogP contribution < -0.4 is 5.56 Å². The third-order valence-electron chi connectivity index (χ3n) is 2.23. The molecule has 1 aromatic heterocycles. The molecule has 6 heteroatoms. The molecule has 0 saturated carbocycles. The van der Waals surface area contributed by atoms with Gasteiger partial charge in [-0.05, 0) is 50.2 Å². The molecular weight excluding hydrogens is 402 g/mol. The Morgan fingerprint density at radius 2 is 2.24 bits per heavy atom. The molecule has 0 aliphatic rings. The molecule has 0 atom stereocenters. The average molecular weight is 409 g/mol. The van der Waals surface area contributed by atoms with Crippen molar-refractivity contribution in [3.05, 3.63) is 60.5 Å². The van der Waals surface area contributed by atoms with Gasteiger partial charge in [0.05, 0.1) is 20.9 Å². The molecule has 88 valence electrons. The van der Waals surface area contributed by atoms with Gasteiger partial charge in [0.15, 0.2) is 0 Å². The van der Waals surface area contributed by atoms with Crippen molar-refractivity contribution in [2.24, 2.45) is 0 Å². The van der Waals surface area contributed by atoms with E-state index in [1.54, 1.807) is 12.1 Å². The summed E-state index contributed by atoms with van der Waals surface area (Å²) >= 11 is 5.09. The fourth-order valence-electron chi connectivity index (χ4n) is 1.39. The summed E-state index contributed by atoms with van der Waals surface area (Å²) in [5.74, 6) is -0.339. The van der Waals surface area contributed by atoms with Crippen molar-refractivity contribution in [2.75, 3.05) is 0 Å². The van der Waals surface area contributed by atoms with Crippen molar-refractivity contribution in [3.8, 4) is 0 Å². The van der Waals surface area contributed by atoms with Crippen LogP contribution in [0, 0.1) is 9.39 Å². The topological polar surface area (TPSA) is 34.9 Å². The predicted molar refractivity (Wildman–Crippen MR) is 74.4 cm³/mol. The summed E-state index contributed by atoms with van der Waals surface area (Å²) in [7, 11) is 0. The van der Waals surface area contributed by atoms with E-state index in [0.717, 1.165) is 0 Å². The zero-order valence-corrected chi connectivity index (χ0v) is 12.3. The molecule has 2 rings (SSSR count). The van der Waals surface area contributed by atoms with Gasteiger partial charge in [0.2, 0.25) is 0 Å². The molecule has 0 saturated heterocycles. The number of nitrogens with zero attached hydrogens (tertiary/aromatic N) is 2. The Kier molecular flexibility index (Phi) is 3.93. The van der Waals surface area contributed by atoms with E-state index in [0.29, 0.717) is 20.2 Å². The molecular formula is C11H7BrFIN2O. The van der Waals surface area contributed by atoms with E-state index in [1.165, 1.54) is 23.2 Å². The van der Waals surface area contributed by atoms with E-state index in [9.17, 15) is 9.18 Å². The lowest BCUT2D eigenvalue weighted by molar-refractivity contribution is 0.614. The van der Waals surface area contributed by atoms with Gasteiger partial charge in [0.1, 0.15) is 5.82 Å². The maximum Gasteiger partial charge on any atom is 0.267 e. The zero-order valence-electron chi connectivity index (χ0n) is 8.53. The van der Waals surface area contributed by atoms with Crippen LogP contribution >= 0.6 is 38.5 Å². The molecule has 2 aromatic rings. The van der Waals surface area contributed by atoms with Crippen LogP contribution in [0.2, 0.25) is 0 Å². The van der Waals surface area contributed by atoms with E-state index in [-0.39, 0.29) is 11.4 Å². The summed E-state index contributed by atoms with van der Waals surface area (Å²) in [4.78, 5) is 15.7. The summed E-state index contributed by atoms with van der Waals surface area (Å²) in [5, 5.41) is 0. The summed E-state index contributed by atoms with van der Waals surface area (Å²) in [6.07, 6.45) is 2.95. The largest absolute Gasteiger partial charge is 0.294 e. The van der Waals surface area contributed by atoms with Crippen molar-refractivity contribution in [3.63, 3.8) is 0 Å². The molecule has 3 nitrogen and oxygen atoms in total. The summed E-state index contributed by atoms with van der Waals surface area (Å²) in [5.41, 5.74) is 0.577. The standard InChI is InChI=1S/C11H7BrFIN2O/c12-10-7(2-1-3-8(10)13)5-16-6-15-4-9(14)11(16)17/h1-4,6H,5H2. The van der Waals surface area contributed by atoms with Crippen molar-refractivity contribution in [1.82, 2.24) is 9.55 Å². The van der Waals surface area contributed by atoms with Crippen molar-refractivity contribution >= 4 is 38.5 Å². The molecule has 0 aliphatic heterocycles. The molecule has 0 unspecified atom stereocenters. The van der Waals surface area contributed by atoms with Crippen LogP contribution in [0.4, 0.5) is 4.39 Å². The average Bonchev–Trinajstić information content (AvgIpc) is 2.31. The minimum absolute atomic E-state index is 0.128. The van der Waals surface area contributed by atoms with Gasteiger partial charge in [-0.25, -0.2) is 9.37 Å². The minimum Gasteiger partial charge on any atom is -0.294 e. The molecule has 0 bridgehead atoms. The summed E-state index contributed by atoms with van der Waals surface area (Å²) in [6, 6.07) is 4.74. The van der Waals surface area contributed by atoms with Crippen LogP contribution in [-0.4, -0.2) is 9.55 Å². The Hall–Kier alpha value is -0.760. The van der Waals surface area contributed by atoms with Crippen LogP contribution in [0.15, 0.2) is 40.0 Å². The van der Waals surface area contributed by atoms with Crippen LogP contribution in [-0.2, 0) is 6.54 Å².